The van der Waals surface area contributed by atoms with Crippen molar-refractivity contribution in [1.29, 1.82) is 0 Å². The number of ether oxygens (including phenoxy) is 1. The van der Waals surface area contributed by atoms with Gasteiger partial charge in [-0.25, -0.2) is 17.5 Å². The summed E-state index contributed by atoms with van der Waals surface area (Å²) in [6.07, 6.45) is 2.09. The van der Waals surface area contributed by atoms with Gasteiger partial charge in [0.2, 0.25) is 16.0 Å². The normalized spacial score (nSPS) is 14.7. The first kappa shape index (κ1) is 17.5. The molecule has 0 unspecified atom stereocenters. The molecule has 1 aromatic heterocycles. The van der Waals surface area contributed by atoms with Crippen LogP contribution in [0.3, 0.4) is 0 Å². The largest absolute Gasteiger partial charge is 0.467 e. The molecule has 1 aliphatic heterocycles. The van der Waals surface area contributed by atoms with Crippen LogP contribution in [0.5, 0.6) is 6.01 Å². The minimum absolute atomic E-state index is 0.108. The van der Waals surface area contributed by atoms with Crippen molar-refractivity contribution in [3.8, 4) is 6.01 Å². The van der Waals surface area contributed by atoms with Crippen LogP contribution >= 0.6 is 0 Å². The fraction of sp³-hybridized carbons (Fsp3) is 0.400. The number of aromatic nitrogens is 3. The van der Waals surface area contributed by atoms with Crippen LogP contribution in [-0.2, 0) is 16.6 Å². The molecule has 1 aromatic carbocycles. The molecule has 2 heterocycles. The van der Waals surface area contributed by atoms with Gasteiger partial charge in [0.1, 0.15) is 10.7 Å². The van der Waals surface area contributed by atoms with Crippen molar-refractivity contribution in [2.24, 2.45) is 0 Å². The van der Waals surface area contributed by atoms with Crippen LogP contribution in [0.15, 0.2) is 29.2 Å². The van der Waals surface area contributed by atoms with E-state index >= 15 is 0 Å². The van der Waals surface area contributed by atoms with Crippen LogP contribution in [0.2, 0.25) is 0 Å². The summed E-state index contributed by atoms with van der Waals surface area (Å²) < 4.78 is 45.6. The maximum atomic E-state index is 13.7. The fourth-order valence-electron chi connectivity index (χ4n) is 2.52. The third-order valence-corrected chi connectivity index (χ3v) is 5.20. The van der Waals surface area contributed by atoms with Crippen LogP contribution in [-0.4, -0.2) is 43.6 Å². The molecule has 1 N–H and O–H groups in total. The van der Waals surface area contributed by atoms with Crippen LogP contribution in [0.1, 0.15) is 18.7 Å². The summed E-state index contributed by atoms with van der Waals surface area (Å²) in [7, 11) is -2.59. The Balaban J connectivity index is 1.80. The first-order chi connectivity index (χ1) is 12.0. The number of sulfonamides is 1. The minimum Gasteiger partial charge on any atom is -0.467 e. The van der Waals surface area contributed by atoms with E-state index in [-0.39, 0.29) is 18.4 Å². The van der Waals surface area contributed by atoms with Gasteiger partial charge in [-0.05, 0) is 25.0 Å². The highest BCUT2D eigenvalue weighted by Crippen LogP contribution is 2.18. The van der Waals surface area contributed by atoms with Gasteiger partial charge in [0.05, 0.1) is 13.7 Å². The molecule has 1 aliphatic rings. The Morgan fingerprint density at radius 2 is 1.92 bits per heavy atom. The standard InChI is InChI=1S/C15H18FN5O3S/c1-24-15-19-13(18-14(20-15)21-8-4-5-9-21)10-17-25(22,23)12-7-3-2-6-11(12)16/h2-3,6-7,17H,4-5,8-10H2,1H3. The molecule has 0 atom stereocenters. The average Bonchev–Trinajstić information content (AvgIpc) is 3.15. The Bertz CT molecular complexity index is 856. The molecule has 0 aliphatic carbocycles. The molecule has 1 saturated heterocycles. The lowest BCUT2D eigenvalue weighted by Crippen LogP contribution is -2.27. The summed E-state index contributed by atoms with van der Waals surface area (Å²) in [6.45, 7) is 1.46. The zero-order valence-corrected chi connectivity index (χ0v) is 14.5. The lowest BCUT2D eigenvalue weighted by atomic mass is 10.4. The van der Waals surface area contributed by atoms with Crippen molar-refractivity contribution in [2.45, 2.75) is 24.3 Å². The highest BCUT2D eigenvalue weighted by Gasteiger charge is 2.21. The Morgan fingerprint density at radius 1 is 1.20 bits per heavy atom. The number of nitrogens with one attached hydrogen (secondary N) is 1. The number of anilines is 1. The van der Waals surface area contributed by atoms with Gasteiger partial charge in [0.15, 0.2) is 5.82 Å². The molecule has 0 amide bonds. The average molecular weight is 367 g/mol. The Hall–Kier alpha value is -2.33. The Kier molecular flexibility index (Phi) is 5.09. The van der Waals surface area contributed by atoms with Crippen LogP contribution in [0, 0.1) is 5.82 Å². The predicted octanol–water partition coefficient (Wildman–Crippen LogP) is 1.10. The van der Waals surface area contributed by atoms with E-state index in [1.807, 2.05) is 4.90 Å². The lowest BCUT2D eigenvalue weighted by Gasteiger charge is -2.16. The molecular formula is C15H18FN5O3S. The smallest absolute Gasteiger partial charge is 0.321 e. The molecule has 1 fully saturated rings. The van der Waals surface area contributed by atoms with Crippen molar-refractivity contribution in [1.82, 2.24) is 19.7 Å². The van der Waals surface area contributed by atoms with Crippen molar-refractivity contribution < 1.29 is 17.5 Å². The van der Waals surface area contributed by atoms with Gasteiger partial charge in [0.25, 0.3) is 0 Å². The van der Waals surface area contributed by atoms with E-state index in [1.54, 1.807) is 0 Å². The molecule has 0 bridgehead atoms. The van der Waals surface area contributed by atoms with Crippen LogP contribution < -0.4 is 14.4 Å². The summed E-state index contributed by atoms with van der Waals surface area (Å²) in [5, 5.41) is 0. The Morgan fingerprint density at radius 3 is 2.60 bits per heavy atom. The molecule has 10 heteroatoms. The second kappa shape index (κ2) is 7.28. The summed E-state index contributed by atoms with van der Waals surface area (Å²) in [4.78, 5) is 14.1. The van der Waals surface area contributed by atoms with Crippen molar-refractivity contribution in [2.75, 3.05) is 25.1 Å². The highest BCUT2D eigenvalue weighted by atomic mass is 32.2. The molecular weight excluding hydrogens is 349 g/mol. The molecule has 0 radical (unpaired) electrons. The fourth-order valence-corrected chi connectivity index (χ4v) is 3.57. The van der Waals surface area contributed by atoms with Crippen LogP contribution in [0.4, 0.5) is 10.3 Å². The zero-order chi connectivity index (χ0) is 17.9. The van der Waals surface area contributed by atoms with E-state index < -0.39 is 20.7 Å². The van der Waals surface area contributed by atoms with E-state index in [1.165, 1.54) is 25.3 Å². The highest BCUT2D eigenvalue weighted by molar-refractivity contribution is 7.89. The number of rotatable bonds is 6. The monoisotopic (exact) mass is 367 g/mol. The van der Waals surface area contributed by atoms with E-state index in [0.717, 1.165) is 32.0 Å². The number of nitrogens with zero attached hydrogens (tertiary/aromatic N) is 4. The molecule has 2 aromatic rings. The third kappa shape index (κ3) is 4.02. The summed E-state index contributed by atoms with van der Waals surface area (Å²) >= 11 is 0. The van der Waals surface area contributed by atoms with E-state index in [2.05, 4.69) is 19.7 Å². The second-order valence-electron chi connectivity index (χ2n) is 5.49. The van der Waals surface area contributed by atoms with Gasteiger partial charge >= 0.3 is 6.01 Å². The van der Waals surface area contributed by atoms with Gasteiger partial charge in [-0.2, -0.15) is 15.0 Å². The summed E-state index contributed by atoms with van der Waals surface area (Å²) in [5.74, 6) is -0.168. The second-order valence-corrected chi connectivity index (χ2v) is 7.22. The maximum absolute atomic E-state index is 13.7. The number of hydrogen-bond acceptors (Lipinski definition) is 7. The van der Waals surface area contributed by atoms with Gasteiger partial charge in [-0.3, -0.25) is 0 Å². The third-order valence-electron chi connectivity index (χ3n) is 3.77. The van der Waals surface area contributed by atoms with Gasteiger partial charge < -0.3 is 9.64 Å². The van der Waals surface area contributed by atoms with Crippen molar-refractivity contribution >= 4 is 16.0 Å². The SMILES string of the molecule is COc1nc(CNS(=O)(=O)c2ccccc2F)nc(N2CCCC2)n1. The quantitative estimate of drug-likeness (QED) is 0.816. The molecule has 0 saturated carbocycles. The number of hydrogen-bond donors (Lipinski definition) is 1. The molecule has 134 valence electrons. The van der Waals surface area contributed by atoms with Crippen molar-refractivity contribution in [3.63, 3.8) is 0 Å². The van der Waals surface area contributed by atoms with Crippen LogP contribution in [0.25, 0.3) is 0 Å². The molecule has 3 rings (SSSR count). The number of methoxy groups -OCH3 is 1. The lowest BCUT2D eigenvalue weighted by molar-refractivity contribution is 0.375. The summed E-state index contributed by atoms with van der Waals surface area (Å²) in [6, 6.07) is 5.27. The van der Waals surface area contributed by atoms with E-state index in [9.17, 15) is 12.8 Å². The van der Waals surface area contributed by atoms with E-state index in [0.29, 0.717) is 5.95 Å². The van der Waals surface area contributed by atoms with E-state index in [4.69, 9.17) is 4.74 Å². The molecule has 8 nitrogen and oxygen atoms in total. The van der Waals surface area contributed by atoms with Gasteiger partial charge in [-0.15, -0.1) is 0 Å². The van der Waals surface area contributed by atoms with Crippen molar-refractivity contribution in [3.05, 3.63) is 35.9 Å². The first-order valence-electron chi connectivity index (χ1n) is 7.78. The maximum Gasteiger partial charge on any atom is 0.321 e. The van der Waals surface area contributed by atoms with Gasteiger partial charge in [-0.1, -0.05) is 12.1 Å². The zero-order valence-electron chi connectivity index (χ0n) is 13.6. The van der Waals surface area contributed by atoms with Gasteiger partial charge in [0, 0.05) is 13.1 Å². The number of halogens is 1. The topological polar surface area (TPSA) is 97.3 Å². The Labute approximate surface area is 145 Å². The minimum atomic E-state index is -4.02. The molecule has 0 spiro atoms. The summed E-state index contributed by atoms with van der Waals surface area (Å²) in [5.41, 5.74) is 0. The predicted molar refractivity (Wildman–Crippen MR) is 88.3 cm³/mol. The number of benzene rings is 1. The first-order valence-corrected chi connectivity index (χ1v) is 9.26. The molecule has 25 heavy (non-hydrogen) atoms.